The summed E-state index contributed by atoms with van der Waals surface area (Å²) in [7, 11) is 0. The Hall–Kier alpha value is -0.710. The molecule has 1 aromatic rings. The van der Waals surface area contributed by atoms with Crippen molar-refractivity contribution < 1.29 is 4.79 Å². The summed E-state index contributed by atoms with van der Waals surface area (Å²) < 4.78 is 0. The summed E-state index contributed by atoms with van der Waals surface area (Å²) in [4.78, 5) is 12.8. The molecule has 2 rings (SSSR count). The van der Waals surface area contributed by atoms with Crippen molar-refractivity contribution >= 4 is 35.8 Å². The van der Waals surface area contributed by atoms with E-state index in [9.17, 15) is 4.79 Å². The van der Waals surface area contributed by atoms with Crippen LogP contribution in [0.15, 0.2) is 29.2 Å². The molecule has 0 radical (unpaired) electrons. The van der Waals surface area contributed by atoms with Gasteiger partial charge in [0.1, 0.15) is 0 Å². The number of hydrogen-bond donors (Lipinski definition) is 2. The summed E-state index contributed by atoms with van der Waals surface area (Å²) in [6.07, 6.45) is 2.97. The van der Waals surface area contributed by atoms with Gasteiger partial charge in [-0.25, -0.2) is 0 Å². The van der Waals surface area contributed by atoms with E-state index < -0.39 is 0 Å². The third kappa shape index (κ3) is 3.14. The summed E-state index contributed by atoms with van der Waals surface area (Å²) in [6.45, 7) is 0.948. The number of rotatable bonds is 3. The van der Waals surface area contributed by atoms with Crippen molar-refractivity contribution in [1.82, 2.24) is 5.32 Å². The molecule has 0 unspecified atom stereocenters. The van der Waals surface area contributed by atoms with Crippen molar-refractivity contribution in [2.45, 2.75) is 17.4 Å². The highest BCUT2D eigenvalue weighted by Crippen LogP contribution is 2.18. The summed E-state index contributed by atoms with van der Waals surface area (Å²) in [5.74, 6) is 0.0677. The fraction of sp³-hybridized carbons (Fsp3) is 0.364. The molecule has 0 aromatic heterocycles. The van der Waals surface area contributed by atoms with E-state index in [4.69, 9.17) is 0 Å². The maximum atomic E-state index is 11.6. The molecule has 1 saturated heterocycles. The van der Waals surface area contributed by atoms with E-state index in [0.29, 0.717) is 0 Å². The van der Waals surface area contributed by atoms with Crippen molar-refractivity contribution in [2.24, 2.45) is 0 Å². The smallest absolute Gasteiger partial charge is 0.241 e. The van der Waals surface area contributed by atoms with Gasteiger partial charge in [0.15, 0.2) is 0 Å². The number of hydrogen-bond acceptors (Lipinski definition) is 3. The van der Waals surface area contributed by atoms with E-state index in [1.165, 1.54) is 4.90 Å². The van der Waals surface area contributed by atoms with Gasteiger partial charge in [-0.05, 0) is 43.5 Å². The van der Waals surface area contributed by atoms with Gasteiger partial charge in [-0.3, -0.25) is 4.79 Å². The van der Waals surface area contributed by atoms with E-state index in [1.54, 1.807) is 11.8 Å². The number of benzene rings is 1. The molecular weight excluding hydrogens is 244 g/mol. The van der Waals surface area contributed by atoms with Crippen LogP contribution in [0.1, 0.15) is 6.42 Å². The lowest BCUT2D eigenvalue weighted by atomic mass is 10.1. The van der Waals surface area contributed by atoms with Crippen molar-refractivity contribution in [2.75, 3.05) is 18.1 Å². The normalized spacial score (nSPS) is 18.2. The zero-order chi connectivity index (χ0) is 10.7. The SMILES string of the molecule is CSc1ccc(NC(=O)[C@H]2CCN2)cc1.Cl. The molecule has 5 heteroatoms. The lowest BCUT2D eigenvalue weighted by molar-refractivity contribution is -0.119. The van der Waals surface area contributed by atoms with Crippen LogP contribution in [0.2, 0.25) is 0 Å². The standard InChI is InChI=1S/C11H14N2OS.ClH/c1-15-9-4-2-8(3-5-9)13-11(14)10-6-7-12-10;/h2-5,10,12H,6-7H2,1H3,(H,13,14);1H/t10-;/m1./s1. The second-order valence-corrected chi connectivity index (χ2v) is 4.39. The molecule has 2 N–H and O–H groups in total. The van der Waals surface area contributed by atoms with E-state index >= 15 is 0 Å². The highest BCUT2D eigenvalue weighted by Gasteiger charge is 2.24. The first-order chi connectivity index (χ1) is 7.29. The van der Waals surface area contributed by atoms with Crippen molar-refractivity contribution in [1.29, 1.82) is 0 Å². The van der Waals surface area contributed by atoms with Crippen LogP contribution >= 0.6 is 24.2 Å². The number of anilines is 1. The topological polar surface area (TPSA) is 41.1 Å². The molecule has 0 aliphatic carbocycles. The zero-order valence-electron chi connectivity index (χ0n) is 9.03. The fourth-order valence-corrected chi connectivity index (χ4v) is 1.82. The van der Waals surface area contributed by atoms with Crippen LogP contribution in [-0.2, 0) is 4.79 Å². The highest BCUT2D eigenvalue weighted by atomic mass is 35.5. The Morgan fingerprint density at radius 2 is 2.06 bits per heavy atom. The van der Waals surface area contributed by atoms with Gasteiger partial charge in [0.2, 0.25) is 5.91 Å². The van der Waals surface area contributed by atoms with Crippen molar-refractivity contribution in [3.63, 3.8) is 0 Å². The van der Waals surface area contributed by atoms with Crippen LogP contribution in [0, 0.1) is 0 Å². The molecule has 1 aliphatic rings. The highest BCUT2D eigenvalue weighted by molar-refractivity contribution is 7.98. The lowest BCUT2D eigenvalue weighted by Crippen LogP contribution is -2.50. The fourth-order valence-electron chi connectivity index (χ4n) is 1.42. The average Bonchev–Trinajstić information content (AvgIpc) is 2.16. The Kier molecular flexibility index (Phi) is 5.12. The number of amides is 1. The maximum absolute atomic E-state index is 11.6. The molecule has 88 valence electrons. The number of halogens is 1. The molecule has 16 heavy (non-hydrogen) atoms. The molecule has 1 aromatic carbocycles. The van der Waals surface area contributed by atoms with Crippen molar-refractivity contribution in [3.05, 3.63) is 24.3 Å². The van der Waals surface area contributed by atoms with Gasteiger partial charge in [0.05, 0.1) is 6.04 Å². The number of thioether (sulfide) groups is 1. The van der Waals surface area contributed by atoms with E-state index in [2.05, 4.69) is 10.6 Å². The Morgan fingerprint density at radius 3 is 2.50 bits per heavy atom. The largest absolute Gasteiger partial charge is 0.325 e. The number of carbonyl (C=O) groups excluding carboxylic acids is 1. The second kappa shape index (κ2) is 6.13. The summed E-state index contributed by atoms with van der Waals surface area (Å²) in [5, 5.41) is 5.96. The Labute approximate surface area is 106 Å². The third-order valence-electron chi connectivity index (χ3n) is 2.50. The molecule has 1 fully saturated rings. The molecule has 0 bridgehead atoms. The van der Waals surface area contributed by atoms with Gasteiger partial charge >= 0.3 is 0 Å². The Balaban J connectivity index is 0.00000128. The Morgan fingerprint density at radius 1 is 1.44 bits per heavy atom. The van der Waals surface area contributed by atoms with Gasteiger partial charge in [0.25, 0.3) is 0 Å². The number of nitrogens with one attached hydrogen (secondary N) is 2. The minimum Gasteiger partial charge on any atom is -0.325 e. The van der Waals surface area contributed by atoms with Crippen LogP contribution in [0.4, 0.5) is 5.69 Å². The average molecular weight is 259 g/mol. The van der Waals surface area contributed by atoms with E-state index in [-0.39, 0.29) is 24.4 Å². The molecule has 0 saturated carbocycles. The monoisotopic (exact) mass is 258 g/mol. The van der Waals surface area contributed by atoms with Gasteiger partial charge in [0, 0.05) is 10.6 Å². The van der Waals surface area contributed by atoms with Crippen molar-refractivity contribution in [3.8, 4) is 0 Å². The van der Waals surface area contributed by atoms with Crippen LogP contribution in [0.5, 0.6) is 0 Å². The van der Waals surface area contributed by atoms with E-state index in [1.807, 2.05) is 30.5 Å². The second-order valence-electron chi connectivity index (χ2n) is 3.51. The van der Waals surface area contributed by atoms with Crippen LogP contribution in [0.25, 0.3) is 0 Å². The summed E-state index contributed by atoms with van der Waals surface area (Å²) in [6, 6.07) is 7.89. The molecule has 1 aliphatic heterocycles. The zero-order valence-corrected chi connectivity index (χ0v) is 10.7. The lowest BCUT2D eigenvalue weighted by Gasteiger charge is -2.26. The van der Waals surface area contributed by atoms with Crippen LogP contribution in [0.3, 0.4) is 0 Å². The van der Waals surface area contributed by atoms with E-state index in [0.717, 1.165) is 18.7 Å². The van der Waals surface area contributed by atoms with Gasteiger partial charge in [-0.15, -0.1) is 24.2 Å². The third-order valence-corrected chi connectivity index (χ3v) is 3.24. The molecule has 1 heterocycles. The summed E-state index contributed by atoms with van der Waals surface area (Å²) >= 11 is 1.69. The number of carbonyl (C=O) groups is 1. The maximum Gasteiger partial charge on any atom is 0.241 e. The first-order valence-corrected chi connectivity index (χ1v) is 6.20. The minimum absolute atomic E-state index is 0. The Bertz CT molecular complexity index is 352. The molecular formula is C11H15ClN2OS. The molecule has 0 spiro atoms. The minimum atomic E-state index is 0. The summed E-state index contributed by atoms with van der Waals surface area (Å²) in [5.41, 5.74) is 0.867. The van der Waals surface area contributed by atoms with Gasteiger partial charge in [-0.2, -0.15) is 0 Å². The van der Waals surface area contributed by atoms with Gasteiger partial charge in [-0.1, -0.05) is 0 Å². The van der Waals surface area contributed by atoms with Crippen LogP contribution < -0.4 is 10.6 Å². The van der Waals surface area contributed by atoms with Gasteiger partial charge < -0.3 is 10.6 Å². The predicted molar refractivity (Wildman–Crippen MR) is 70.5 cm³/mol. The predicted octanol–water partition coefficient (Wildman–Crippen LogP) is 2.13. The van der Waals surface area contributed by atoms with Crippen LogP contribution in [-0.4, -0.2) is 24.7 Å². The molecule has 1 atom stereocenters. The molecule has 1 amide bonds. The molecule has 3 nitrogen and oxygen atoms in total. The first kappa shape index (κ1) is 13.4. The quantitative estimate of drug-likeness (QED) is 0.817. The first-order valence-electron chi connectivity index (χ1n) is 4.98.